The van der Waals surface area contributed by atoms with Crippen LogP contribution in [0.4, 0.5) is 0 Å². The lowest BCUT2D eigenvalue weighted by molar-refractivity contribution is -0.132. The highest BCUT2D eigenvalue weighted by atomic mass is 35.5. The molecule has 1 atom stereocenters. The summed E-state index contributed by atoms with van der Waals surface area (Å²) < 4.78 is 0. The van der Waals surface area contributed by atoms with Crippen LogP contribution in [-0.2, 0) is 11.3 Å². The number of halogens is 3. The summed E-state index contributed by atoms with van der Waals surface area (Å²) in [5, 5.41) is 4.55. The first-order chi connectivity index (χ1) is 12.5. The maximum atomic E-state index is 12.7. The van der Waals surface area contributed by atoms with Crippen molar-refractivity contribution in [1.82, 2.24) is 20.1 Å². The second-order valence-corrected chi connectivity index (χ2v) is 7.38. The van der Waals surface area contributed by atoms with Crippen molar-refractivity contribution in [3.05, 3.63) is 63.9 Å². The van der Waals surface area contributed by atoms with E-state index in [-0.39, 0.29) is 24.4 Å². The number of benzene rings is 1. The van der Waals surface area contributed by atoms with Crippen molar-refractivity contribution in [2.24, 2.45) is 0 Å². The second-order valence-electron chi connectivity index (χ2n) is 6.50. The van der Waals surface area contributed by atoms with E-state index in [2.05, 4.69) is 21.3 Å². The summed E-state index contributed by atoms with van der Waals surface area (Å²) in [6.07, 6.45) is 3.63. The van der Waals surface area contributed by atoms with Gasteiger partial charge in [-0.25, -0.2) is 0 Å². The fraction of sp³-hybridized carbons (Fsp3) is 0.368. The largest absolute Gasteiger partial charge is 0.340 e. The van der Waals surface area contributed by atoms with E-state index in [0.29, 0.717) is 23.1 Å². The molecule has 1 aliphatic rings. The van der Waals surface area contributed by atoms with Gasteiger partial charge in [-0.15, -0.1) is 12.4 Å². The van der Waals surface area contributed by atoms with E-state index in [1.807, 2.05) is 24.4 Å². The predicted molar refractivity (Wildman–Crippen MR) is 112 cm³/mol. The minimum atomic E-state index is 0. The highest BCUT2D eigenvalue weighted by Crippen LogP contribution is 2.22. The summed E-state index contributed by atoms with van der Waals surface area (Å²) in [5.41, 5.74) is 2.04. The van der Waals surface area contributed by atoms with Crippen LogP contribution in [0.25, 0.3) is 0 Å². The van der Waals surface area contributed by atoms with E-state index >= 15 is 0 Å². The first-order valence-corrected chi connectivity index (χ1v) is 9.32. The molecule has 3 rings (SSSR count). The number of carbonyl (C=O) groups is 1. The fourth-order valence-electron chi connectivity index (χ4n) is 3.20. The van der Waals surface area contributed by atoms with E-state index in [9.17, 15) is 4.79 Å². The zero-order valence-electron chi connectivity index (χ0n) is 15.1. The van der Waals surface area contributed by atoms with Crippen molar-refractivity contribution in [2.75, 3.05) is 33.2 Å². The second kappa shape index (κ2) is 10.2. The van der Waals surface area contributed by atoms with Crippen molar-refractivity contribution < 1.29 is 4.79 Å². The van der Waals surface area contributed by atoms with Gasteiger partial charge in [-0.05, 0) is 35.4 Å². The predicted octanol–water partition coefficient (Wildman–Crippen LogP) is 3.42. The number of amides is 1. The average molecular weight is 430 g/mol. The Morgan fingerprint density at radius 3 is 2.74 bits per heavy atom. The Balaban J connectivity index is 0.00000261. The van der Waals surface area contributed by atoms with Crippen molar-refractivity contribution in [3.63, 3.8) is 0 Å². The lowest BCUT2D eigenvalue weighted by atomic mass is 10.1. The van der Waals surface area contributed by atoms with Crippen LogP contribution in [0.3, 0.4) is 0 Å². The molecule has 1 saturated heterocycles. The molecule has 0 spiro atoms. The Bertz CT molecular complexity index is 740. The van der Waals surface area contributed by atoms with Gasteiger partial charge in [0.15, 0.2) is 0 Å². The monoisotopic (exact) mass is 428 g/mol. The molecule has 1 N–H and O–H groups in total. The lowest BCUT2D eigenvalue weighted by Crippen LogP contribution is -2.49. The van der Waals surface area contributed by atoms with Crippen LogP contribution in [0.2, 0.25) is 10.0 Å². The topological polar surface area (TPSA) is 48.5 Å². The molecule has 5 nitrogen and oxygen atoms in total. The van der Waals surface area contributed by atoms with Crippen molar-refractivity contribution >= 4 is 41.5 Å². The molecule has 1 aromatic heterocycles. The van der Waals surface area contributed by atoms with Crippen LogP contribution < -0.4 is 5.32 Å². The van der Waals surface area contributed by atoms with E-state index in [1.54, 1.807) is 24.2 Å². The molecule has 0 radical (unpaired) electrons. The molecular formula is C19H23Cl3N4O. The first-order valence-electron chi connectivity index (χ1n) is 8.56. The highest BCUT2D eigenvalue weighted by Gasteiger charge is 2.26. The molecule has 1 aromatic carbocycles. The fourth-order valence-corrected chi connectivity index (χ4v) is 3.77. The van der Waals surface area contributed by atoms with Gasteiger partial charge in [0.1, 0.15) is 0 Å². The molecule has 1 fully saturated rings. The highest BCUT2D eigenvalue weighted by molar-refractivity contribution is 6.34. The number of hydrogen-bond acceptors (Lipinski definition) is 4. The van der Waals surface area contributed by atoms with Gasteiger partial charge in [-0.2, -0.15) is 0 Å². The van der Waals surface area contributed by atoms with Gasteiger partial charge in [0.2, 0.25) is 5.91 Å². The summed E-state index contributed by atoms with van der Waals surface area (Å²) in [5.74, 6) is 0.0666. The normalized spacial score (nSPS) is 17.2. The third kappa shape index (κ3) is 6.06. The molecule has 8 heteroatoms. The Morgan fingerprint density at radius 2 is 2.07 bits per heavy atom. The number of rotatable bonds is 5. The standard InChI is InChI=1S/C19H22Cl2N4O.ClH/c1-24(12-14-7-16(20)9-17(21)8-14)19(26)13-25-6-5-23-11-18(25)15-3-2-4-22-10-15;/h2-4,7-10,18,23H,5-6,11-13H2,1H3;1H. The maximum Gasteiger partial charge on any atom is 0.236 e. The first kappa shape index (κ1) is 21.9. The number of pyridine rings is 1. The zero-order valence-corrected chi connectivity index (χ0v) is 17.4. The molecule has 1 amide bonds. The Labute approximate surface area is 176 Å². The van der Waals surface area contributed by atoms with Gasteiger partial charge >= 0.3 is 0 Å². The van der Waals surface area contributed by atoms with E-state index in [4.69, 9.17) is 23.2 Å². The van der Waals surface area contributed by atoms with Crippen LogP contribution in [0, 0.1) is 0 Å². The van der Waals surface area contributed by atoms with Crippen molar-refractivity contribution in [2.45, 2.75) is 12.6 Å². The maximum absolute atomic E-state index is 12.7. The smallest absolute Gasteiger partial charge is 0.236 e. The van der Waals surface area contributed by atoms with Gasteiger partial charge < -0.3 is 10.2 Å². The van der Waals surface area contributed by atoms with Gasteiger partial charge in [-0.1, -0.05) is 29.3 Å². The third-order valence-electron chi connectivity index (χ3n) is 4.53. The summed E-state index contributed by atoms with van der Waals surface area (Å²) >= 11 is 12.1. The van der Waals surface area contributed by atoms with Gasteiger partial charge in [0.25, 0.3) is 0 Å². The minimum Gasteiger partial charge on any atom is -0.340 e. The SMILES string of the molecule is CN(Cc1cc(Cl)cc(Cl)c1)C(=O)CN1CCNCC1c1cccnc1.Cl. The van der Waals surface area contributed by atoms with Crippen LogP contribution in [-0.4, -0.2) is 53.9 Å². The number of nitrogens with one attached hydrogen (secondary N) is 1. The van der Waals surface area contributed by atoms with Crippen LogP contribution >= 0.6 is 35.6 Å². The third-order valence-corrected chi connectivity index (χ3v) is 4.97. The van der Waals surface area contributed by atoms with E-state index in [1.165, 1.54) is 0 Å². The molecule has 27 heavy (non-hydrogen) atoms. The number of piperazine rings is 1. The summed E-state index contributed by atoms with van der Waals surface area (Å²) in [6.45, 7) is 3.35. The average Bonchev–Trinajstić information content (AvgIpc) is 2.62. The number of likely N-dealkylation sites (N-methyl/N-ethyl adjacent to an activating group) is 1. The van der Waals surface area contributed by atoms with Gasteiger partial charge in [-0.3, -0.25) is 14.7 Å². The summed E-state index contributed by atoms with van der Waals surface area (Å²) in [6, 6.07) is 9.49. The van der Waals surface area contributed by atoms with E-state index in [0.717, 1.165) is 30.8 Å². The molecule has 1 unspecified atom stereocenters. The quantitative estimate of drug-likeness (QED) is 0.791. The molecule has 1 aliphatic heterocycles. The number of nitrogens with zero attached hydrogens (tertiary/aromatic N) is 3. The molecule has 0 aliphatic carbocycles. The van der Waals surface area contributed by atoms with Crippen LogP contribution in [0.15, 0.2) is 42.7 Å². The molecule has 0 saturated carbocycles. The van der Waals surface area contributed by atoms with Crippen molar-refractivity contribution in [1.29, 1.82) is 0 Å². The molecule has 0 bridgehead atoms. The molecular weight excluding hydrogens is 407 g/mol. The lowest BCUT2D eigenvalue weighted by Gasteiger charge is -2.36. The van der Waals surface area contributed by atoms with E-state index < -0.39 is 0 Å². The summed E-state index contributed by atoms with van der Waals surface area (Å²) in [4.78, 5) is 20.9. The molecule has 2 heterocycles. The van der Waals surface area contributed by atoms with Gasteiger partial charge in [0, 0.05) is 61.7 Å². The van der Waals surface area contributed by atoms with Crippen LogP contribution in [0.5, 0.6) is 0 Å². The van der Waals surface area contributed by atoms with Gasteiger partial charge in [0.05, 0.1) is 6.54 Å². The summed E-state index contributed by atoms with van der Waals surface area (Å²) in [7, 11) is 1.80. The number of hydrogen-bond donors (Lipinski definition) is 1. The van der Waals surface area contributed by atoms with Crippen molar-refractivity contribution in [3.8, 4) is 0 Å². The Kier molecular flexibility index (Phi) is 8.32. The zero-order chi connectivity index (χ0) is 18.5. The minimum absolute atomic E-state index is 0. The Hall–Kier alpha value is -1.37. The van der Waals surface area contributed by atoms with Crippen LogP contribution in [0.1, 0.15) is 17.2 Å². The number of carbonyl (C=O) groups excluding carboxylic acids is 1. The molecule has 146 valence electrons. The Morgan fingerprint density at radius 1 is 1.33 bits per heavy atom. The molecule has 2 aromatic rings. The number of aromatic nitrogens is 1.